The van der Waals surface area contributed by atoms with Gasteiger partial charge in [0, 0.05) is 12.8 Å². The van der Waals surface area contributed by atoms with E-state index in [0.717, 1.165) is 0 Å². The Morgan fingerprint density at radius 2 is 2.00 bits per heavy atom. The normalized spacial score (nSPS) is 29.9. The van der Waals surface area contributed by atoms with Crippen LogP contribution in [-0.2, 0) is 14.3 Å². The minimum atomic E-state index is -1.59. The van der Waals surface area contributed by atoms with Gasteiger partial charge in [-0.1, -0.05) is 0 Å². The molecular weight excluding hydrogens is 269 g/mol. The Kier molecular flexibility index (Phi) is 4.96. The van der Waals surface area contributed by atoms with E-state index in [1.165, 1.54) is 0 Å². The minimum absolute atomic E-state index is 0.101. The summed E-state index contributed by atoms with van der Waals surface area (Å²) in [4.78, 5) is 23.8. The zero-order valence-corrected chi connectivity index (χ0v) is 12.2. The summed E-state index contributed by atoms with van der Waals surface area (Å²) in [6.07, 6.45) is -4.30. The molecule has 0 spiro atoms. The average Bonchev–Trinajstić information content (AvgIpc) is 2.52. The van der Waals surface area contributed by atoms with Gasteiger partial charge in [0.15, 0.2) is 0 Å². The van der Waals surface area contributed by atoms with Crippen molar-refractivity contribution in [2.75, 3.05) is 6.61 Å². The summed E-state index contributed by atoms with van der Waals surface area (Å²) >= 11 is 0. The van der Waals surface area contributed by atoms with Crippen LogP contribution < -0.4 is 5.32 Å². The van der Waals surface area contributed by atoms with Crippen molar-refractivity contribution in [2.24, 2.45) is 0 Å². The molecule has 0 radical (unpaired) electrons. The lowest BCUT2D eigenvalue weighted by Crippen LogP contribution is -2.55. The van der Waals surface area contributed by atoms with Crippen molar-refractivity contribution in [1.82, 2.24) is 5.32 Å². The molecule has 1 aliphatic rings. The number of ether oxygens (including phenoxy) is 2. The maximum Gasteiger partial charge on any atom is 0.408 e. The maximum absolute atomic E-state index is 13.6. The second-order valence-electron chi connectivity index (χ2n) is 5.92. The van der Waals surface area contributed by atoms with E-state index < -0.39 is 35.5 Å². The van der Waals surface area contributed by atoms with Crippen molar-refractivity contribution in [2.45, 2.75) is 64.0 Å². The molecule has 0 aromatic rings. The Labute approximate surface area is 117 Å². The first-order chi connectivity index (χ1) is 9.09. The highest BCUT2D eigenvalue weighted by molar-refractivity contribution is 5.86. The van der Waals surface area contributed by atoms with Gasteiger partial charge in [-0.15, -0.1) is 0 Å². The fourth-order valence-electron chi connectivity index (χ4n) is 2.13. The van der Waals surface area contributed by atoms with Crippen LogP contribution in [0.2, 0.25) is 0 Å². The molecular formula is C13H22FNO5. The number of carbonyl (C=O) groups excluding carboxylic acids is 2. The van der Waals surface area contributed by atoms with E-state index in [-0.39, 0.29) is 19.4 Å². The van der Waals surface area contributed by atoms with Crippen LogP contribution in [0.25, 0.3) is 0 Å². The minimum Gasteiger partial charge on any atom is -0.464 e. The Hall–Kier alpha value is -1.37. The van der Waals surface area contributed by atoms with Gasteiger partial charge in [-0.25, -0.2) is 14.0 Å². The maximum atomic E-state index is 13.6. The molecule has 1 amide bonds. The summed E-state index contributed by atoms with van der Waals surface area (Å²) < 4.78 is 23.5. The highest BCUT2D eigenvalue weighted by Crippen LogP contribution is 2.34. The lowest BCUT2D eigenvalue weighted by Gasteiger charge is -2.29. The van der Waals surface area contributed by atoms with Crippen LogP contribution in [0.5, 0.6) is 0 Å². The third kappa shape index (κ3) is 4.06. The SMILES string of the molecule is CCOC(=O)[C@]1(NC(=O)OC(C)(C)C)C[C@@H](O)[C@H](F)C1. The number of aliphatic hydroxyl groups excluding tert-OH is 1. The second kappa shape index (κ2) is 5.95. The van der Waals surface area contributed by atoms with Gasteiger partial charge >= 0.3 is 12.1 Å². The van der Waals surface area contributed by atoms with Gasteiger partial charge in [-0.05, 0) is 27.7 Å². The lowest BCUT2D eigenvalue weighted by atomic mass is 9.98. The monoisotopic (exact) mass is 291 g/mol. The largest absolute Gasteiger partial charge is 0.464 e. The molecule has 1 aliphatic carbocycles. The molecule has 0 saturated heterocycles. The summed E-state index contributed by atoms with van der Waals surface area (Å²) in [5, 5.41) is 11.9. The molecule has 2 N–H and O–H groups in total. The van der Waals surface area contributed by atoms with E-state index in [2.05, 4.69) is 5.32 Å². The number of nitrogens with one attached hydrogen (secondary N) is 1. The molecule has 1 rings (SSSR count). The fourth-order valence-corrected chi connectivity index (χ4v) is 2.13. The predicted octanol–water partition coefficient (Wildman–Crippen LogP) is 1.31. The first-order valence-electron chi connectivity index (χ1n) is 6.60. The van der Waals surface area contributed by atoms with Crippen molar-refractivity contribution in [3.8, 4) is 0 Å². The number of hydrogen-bond acceptors (Lipinski definition) is 5. The molecule has 1 fully saturated rings. The molecule has 7 heteroatoms. The first kappa shape index (κ1) is 16.7. The van der Waals surface area contributed by atoms with Crippen molar-refractivity contribution in [3.05, 3.63) is 0 Å². The molecule has 0 aromatic heterocycles. The van der Waals surface area contributed by atoms with Crippen LogP contribution in [0.4, 0.5) is 9.18 Å². The van der Waals surface area contributed by atoms with Gasteiger partial charge in [0.05, 0.1) is 12.7 Å². The molecule has 0 bridgehead atoms. The van der Waals surface area contributed by atoms with Gasteiger partial charge < -0.3 is 19.9 Å². The quantitative estimate of drug-likeness (QED) is 0.766. The van der Waals surface area contributed by atoms with Crippen molar-refractivity contribution in [1.29, 1.82) is 0 Å². The molecule has 1 saturated carbocycles. The summed E-state index contributed by atoms with van der Waals surface area (Å²) in [6.45, 7) is 6.72. The van der Waals surface area contributed by atoms with E-state index in [4.69, 9.17) is 9.47 Å². The standard InChI is InChI=1S/C13H22FNO5/c1-5-19-10(17)13(6-8(14)9(16)7-13)15-11(18)20-12(2,3)4/h8-9,16H,5-7H2,1-4H3,(H,15,18)/t8-,9-,13-/m1/s1. The number of aliphatic hydroxyl groups is 1. The average molecular weight is 291 g/mol. The van der Waals surface area contributed by atoms with Crippen LogP contribution >= 0.6 is 0 Å². The fraction of sp³-hybridized carbons (Fsp3) is 0.846. The highest BCUT2D eigenvalue weighted by atomic mass is 19.1. The Morgan fingerprint density at radius 3 is 2.40 bits per heavy atom. The Morgan fingerprint density at radius 1 is 1.40 bits per heavy atom. The van der Waals surface area contributed by atoms with E-state index in [1.54, 1.807) is 27.7 Å². The van der Waals surface area contributed by atoms with Crippen LogP contribution in [0.1, 0.15) is 40.5 Å². The van der Waals surface area contributed by atoms with Gasteiger partial charge in [0.25, 0.3) is 0 Å². The summed E-state index contributed by atoms with van der Waals surface area (Å²) in [5.74, 6) is -0.759. The number of alkyl halides is 1. The third-order valence-corrected chi connectivity index (χ3v) is 2.92. The zero-order valence-electron chi connectivity index (χ0n) is 12.2. The summed E-state index contributed by atoms with van der Waals surface area (Å²) in [6, 6.07) is 0. The number of hydrogen-bond donors (Lipinski definition) is 2. The van der Waals surface area contributed by atoms with Gasteiger partial charge in [-0.2, -0.15) is 0 Å². The topological polar surface area (TPSA) is 84.9 Å². The number of amides is 1. The summed E-state index contributed by atoms with van der Waals surface area (Å²) in [7, 11) is 0. The van der Waals surface area contributed by atoms with E-state index in [1.807, 2.05) is 0 Å². The molecule has 20 heavy (non-hydrogen) atoms. The molecule has 116 valence electrons. The number of alkyl carbamates (subject to hydrolysis) is 1. The Balaban J connectivity index is 2.85. The number of carbonyl (C=O) groups is 2. The van der Waals surface area contributed by atoms with Crippen molar-refractivity contribution >= 4 is 12.1 Å². The summed E-state index contributed by atoms with van der Waals surface area (Å²) in [5.41, 5.74) is -2.32. The van der Waals surface area contributed by atoms with Crippen LogP contribution in [0.15, 0.2) is 0 Å². The van der Waals surface area contributed by atoms with Crippen LogP contribution in [0, 0.1) is 0 Å². The van der Waals surface area contributed by atoms with Crippen LogP contribution in [-0.4, -0.2) is 47.2 Å². The van der Waals surface area contributed by atoms with Gasteiger partial charge in [0.1, 0.15) is 17.3 Å². The highest BCUT2D eigenvalue weighted by Gasteiger charge is 2.53. The molecule has 0 heterocycles. The van der Waals surface area contributed by atoms with Gasteiger partial charge in [0.2, 0.25) is 0 Å². The number of halogens is 1. The molecule has 0 aliphatic heterocycles. The molecule has 6 nitrogen and oxygen atoms in total. The zero-order chi connectivity index (χ0) is 15.6. The first-order valence-corrected chi connectivity index (χ1v) is 6.60. The second-order valence-corrected chi connectivity index (χ2v) is 5.92. The van der Waals surface area contributed by atoms with Crippen molar-refractivity contribution in [3.63, 3.8) is 0 Å². The number of esters is 1. The van der Waals surface area contributed by atoms with E-state index in [0.29, 0.717) is 0 Å². The molecule has 3 atom stereocenters. The van der Waals surface area contributed by atoms with Gasteiger partial charge in [-0.3, -0.25) is 0 Å². The van der Waals surface area contributed by atoms with E-state index in [9.17, 15) is 19.1 Å². The predicted molar refractivity (Wildman–Crippen MR) is 68.9 cm³/mol. The lowest BCUT2D eigenvalue weighted by molar-refractivity contribution is -0.151. The van der Waals surface area contributed by atoms with Crippen LogP contribution in [0.3, 0.4) is 0 Å². The van der Waals surface area contributed by atoms with E-state index >= 15 is 0 Å². The molecule has 0 aromatic carbocycles. The number of rotatable bonds is 3. The Bertz CT molecular complexity index is 369. The smallest absolute Gasteiger partial charge is 0.408 e. The molecule has 0 unspecified atom stereocenters. The van der Waals surface area contributed by atoms with Crippen molar-refractivity contribution < 1.29 is 28.6 Å². The third-order valence-electron chi connectivity index (χ3n) is 2.92.